The van der Waals surface area contributed by atoms with E-state index < -0.39 is 29.1 Å². The molecule has 2 amide bonds. The van der Waals surface area contributed by atoms with Crippen LogP contribution in [0.25, 0.3) is 0 Å². The highest BCUT2D eigenvalue weighted by Crippen LogP contribution is 2.47. The second-order valence-corrected chi connectivity index (χ2v) is 5.95. The molecule has 0 radical (unpaired) electrons. The summed E-state index contributed by atoms with van der Waals surface area (Å²) in [7, 11) is 0. The minimum atomic E-state index is -0.906. The number of unbranched alkanes of at least 4 members (excludes halogenated alkanes) is 3. The molecule has 0 saturated carbocycles. The van der Waals surface area contributed by atoms with E-state index in [-0.39, 0.29) is 0 Å². The molecule has 0 aromatic heterocycles. The fourth-order valence-corrected chi connectivity index (χ4v) is 3.43. The van der Waals surface area contributed by atoms with Gasteiger partial charge in [-0.1, -0.05) is 40.0 Å². The lowest BCUT2D eigenvalue weighted by Gasteiger charge is -2.45. The van der Waals surface area contributed by atoms with Gasteiger partial charge in [-0.15, -0.1) is 0 Å². The Hall–Kier alpha value is -1.88. The lowest BCUT2D eigenvalue weighted by molar-refractivity contribution is -0.162. The summed E-state index contributed by atoms with van der Waals surface area (Å²) in [6.07, 6.45) is 4.73. The number of amides is 2. The van der Waals surface area contributed by atoms with Crippen LogP contribution >= 0.6 is 0 Å². The number of carbonyl (C=O) groups excluding carboxylic acids is 2. The van der Waals surface area contributed by atoms with Crippen molar-refractivity contribution in [2.24, 2.45) is 17.3 Å². The summed E-state index contributed by atoms with van der Waals surface area (Å²) in [5.41, 5.74) is -0.850. The standard InChI is InChI=1S/C17H25N3O2/c1-4-7-8-9-10-20-15(21)13(11-18)17(5-2,6-3)14(12-19)16(20)22/h13-14H,4-10H2,1-3H3. The highest BCUT2D eigenvalue weighted by Gasteiger charge is 2.57. The van der Waals surface area contributed by atoms with Gasteiger partial charge in [-0.05, 0) is 19.3 Å². The molecule has 120 valence electrons. The molecule has 5 heteroatoms. The first-order chi connectivity index (χ1) is 10.5. The Balaban J connectivity index is 3.07. The van der Waals surface area contributed by atoms with Crippen LogP contribution in [0, 0.1) is 39.9 Å². The molecule has 1 aliphatic rings. The molecule has 22 heavy (non-hydrogen) atoms. The van der Waals surface area contributed by atoms with E-state index in [9.17, 15) is 20.1 Å². The number of nitrogens with zero attached hydrogens (tertiary/aromatic N) is 3. The van der Waals surface area contributed by atoms with Crippen LogP contribution < -0.4 is 0 Å². The predicted octanol–water partition coefficient (Wildman–Crippen LogP) is 3.02. The van der Waals surface area contributed by atoms with Crippen LogP contribution in [0.4, 0.5) is 0 Å². The summed E-state index contributed by atoms with van der Waals surface area (Å²) in [6, 6.07) is 4.14. The van der Waals surface area contributed by atoms with Crippen LogP contribution in [0.3, 0.4) is 0 Å². The van der Waals surface area contributed by atoms with Crippen LogP contribution in [-0.4, -0.2) is 23.3 Å². The lowest BCUT2D eigenvalue weighted by atomic mass is 9.61. The molecule has 0 N–H and O–H groups in total. The number of imide groups is 1. The summed E-state index contributed by atoms with van der Waals surface area (Å²) < 4.78 is 0. The average molecular weight is 303 g/mol. The quantitative estimate of drug-likeness (QED) is 0.534. The van der Waals surface area contributed by atoms with Gasteiger partial charge in [0.15, 0.2) is 0 Å². The monoisotopic (exact) mass is 303 g/mol. The van der Waals surface area contributed by atoms with Crippen LogP contribution in [0.5, 0.6) is 0 Å². The summed E-state index contributed by atoms with van der Waals surface area (Å²) in [5, 5.41) is 18.9. The minimum absolute atomic E-state index is 0.317. The average Bonchev–Trinajstić information content (AvgIpc) is 2.53. The molecule has 1 saturated heterocycles. The Bertz CT molecular complexity index is 461. The molecular formula is C17H25N3O2. The van der Waals surface area contributed by atoms with Gasteiger partial charge in [0.2, 0.25) is 11.8 Å². The Kier molecular flexibility index (Phi) is 6.56. The number of hydrogen-bond donors (Lipinski definition) is 0. The second-order valence-electron chi connectivity index (χ2n) is 5.95. The van der Waals surface area contributed by atoms with Crippen LogP contribution in [0.1, 0.15) is 59.3 Å². The third-order valence-electron chi connectivity index (χ3n) is 4.99. The predicted molar refractivity (Wildman–Crippen MR) is 82.1 cm³/mol. The number of piperidine rings is 1. The maximum absolute atomic E-state index is 12.6. The zero-order chi connectivity index (χ0) is 16.8. The van der Waals surface area contributed by atoms with E-state index in [0.29, 0.717) is 19.4 Å². The maximum Gasteiger partial charge on any atom is 0.247 e. The van der Waals surface area contributed by atoms with Gasteiger partial charge in [-0.3, -0.25) is 14.5 Å². The molecule has 2 unspecified atom stereocenters. The van der Waals surface area contributed by atoms with Gasteiger partial charge in [0.05, 0.1) is 12.1 Å². The first-order valence-electron chi connectivity index (χ1n) is 8.18. The summed E-state index contributed by atoms with van der Waals surface area (Å²) in [4.78, 5) is 26.4. The SMILES string of the molecule is CCCCCCN1C(=O)C(C#N)C(CC)(CC)C(C#N)C1=O. The van der Waals surface area contributed by atoms with Crippen molar-refractivity contribution in [2.45, 2.75) is 59.3 Å². The number of hydrogen-bond acceptors (Lipinski definition) is 4. The third kappa shape index (κ3) is 2.99. The molecule has 2 atom stereocenters. The number of nitriles is 2. The first-order valence-corrected chi connectivity index (χ1v) is 8.18. The summed E-state index contributed by atoms with van der Waals surface area (Å²) in [5.74, 6) is -2.65. The van der Waals surface area contributed by atoms with E-state index >= 15 is 0 Å². The summed E-state index contributed by atoms with van der Waals surface area (Å²) >= 11 is 0. The minimum Gasteiger partial charge on any atom is -0.280 e. The van der Waals surface area contributed by atoms with E-state index in [0.717, 1.165) is 30.6 Å². The molecule has 0 bridgehead atoms. The Morgan fingerprint density at radius 2 is 1.45 bits per heavy atom. The highest BCUT2D eigenvalue weighted by molar-refractivity contribution is 6.03. The smallest absolute Gasteiger partial charge is 0.247 e. The van der Waals surface area contributed by atoms with Crippen molar-refractivity contribution in [3.63, 3.8) is 0 Å². The van der Waals surface area contributed by atoms with E-state index in [2.05, 4.69) is 19.1 Å². The lowest BCUT2D eigenvalue weighted by Crippen LogP contribution is -2.59. The van der Waals surface area contributed by atoms with Crippen molar-refractivity contribution in [3.05, 3.63) is 0 Å². The van der Waals surface area contributed by atoms with Crippen LogP contribution in [-0.2, 0) is 9.59 Å². The van der Waals surface area contributed by atoms with Crippen molar-refractivity contribution in [2.75, 3.05) is 6.54 Å². The fraction of sp³-hybridized carbons (Fsp3) is 0.765. The van der Waals surface area contributed by atoms with Crippen molar-refractivity contribution < 1.29 is 9.59 Å². The largest absolute Gasteiger partial charge is 0.280 e. The molecule has 5 nitrogen and oxygen atoms in total. The number of rotatable bonds is 7. The number of likely N-dealkylation sites (tertiary alicyclic amines) is 1. The van der Waals surface area contributed by atoms with E-state index in [1.165, 1.54) is 0 Å². The molecule has 1 fully saturated rings. The van der Waals surface area contributed by atoms with Crippen LogP contribution in [0.15, 0.2) is 0 Å². The van der Waals surface area contributed by atoms with Gasteiger partial charge >= 0.3 is 0 Å². The second kappa shape index (κ2) is 7.94. The van der Waals surface area contributed by atoms with Crippen molar-refractivity contribution in [1.29, 1.82) is 10.5 Å². The molecule has 1 heterocycles. The van der Waals surface area contributed by atoms with Crippen molar-refractivity contribution in [1.82, 2.24) is 4.90 Å². The van der Waals surface area contributed by atoms with Gasteiger partial charge < -0.3 is 0 Å². The Morgan fingerprint density at radius 1 is 0.955 bits per heavy atom. The molecule has 0 aromatic rings. The van der Waals surface area contributed by atoms with Crippen molar-refractivity contribution in [3.8, 4) is 12.1 Å². The molecule has 0 aromatic carbocycles. The zero-order valence-electron chi connectivity index (χ0n) is 13.8. The topological polar surface area (TPSA) is 85.0 Å². The Morgan fingerprint density at radius 3 is 1.82 bits per heavy atom. The molecule has 0 aliphatic carbocycles. The molecule has 0 spiro atoms. The van der Waals surface area contributed by atoms with E-state index in [4.69, 9.17) is 0 Å². The van der Waals surface area contributed by atoms with Gasteiger partial charge in [0.1, 0.15) is 11.8 Å². The van der Waals surface area contributed by atoms with Gasteiger partial charge in [-0.2, -0.15) is 10.5 Å². The van der Waals surface area contributed by atoms with Gasteiger partial charge in [0, 0.05) is 12.0 Å². The van der Waals surface area contributed by atoms with E-state index in [1.54, 1.807) is 0 Å². The summed E-state index contributed by atoms with van der Waals surface area (Å²) in [6.45, 7) is 6.09. The van der Waals surface area contributed by atoms with Gasteiger partial charge in [-0.25, -0.2) is 0 Å². The Labute approximate surface area is 132 Å². The third-order valence-corrected chi connectivity index (χ3v) is 4.99. The molecule has 1 rings (SSSR count). The maximum atomic E-state index is 12.6. The zero-order valence-corrected chi connectivity index (χ0v) is 13.8. The van der Waals surface area contributed by atoms with Crippen LogP contribution in [0.2, 0.25) is 0 Å². The fourth-order valence-electron chi connectivity index (χ4n) is 3.43. The highest BCUT2D eigenvalue weighted by atomic mass is 16.2. The first kappa shape index (κ1) is 18.2. The van der Waals surface area contributed by atoms with Crippen molar-refractivity contribution >= 4 is 11.8 Å². The molecular weight excluding hydrogens is 278 g/mol. The normalized spacial score (nSPS) is 24.0. The van der Waals surface area contributed by atoms with E-state index in [1.807, 2.05) is 13.8 Å². The molecule has 1 aliphatic heterocycles. The number of carbonyl (C=O) groups is 2. The van der Waals surface area contributed by atoms with Gasteiger partial charge in [0.25, 0.3) is 0 Å².